The summed E-state index contributed by atoms with van der Waals surface area (Å²) in [6, 6.07) is 17.4. The van der Waals surface area contributed by atoms with E-state index < -0.39 is 5.92 Å². The SMILES string of the molecule is C[C@H]1[C@H]2C(=O)N(c3ccccc3)C(=O)[C@H]2c2[nH]c3ccccc3c2[C@H]1C. The van der Waals surface area contributed by atoms with Crippen LogP contribution in [-0.2, 0) is 9.59 Å². The van der Waals surface area contributed by atoms with Gasteiger partial charge in [-0.05, 0) is 35.6 Å². The van der Waals surface area contributed by atoms with E-state index in [9.17, 15) is 9.59 Å². The van der Waals surface area contributed by atoms with E-state index in [-0.39, 0.29) is 29.6 Å². The number of anilines is 1. The number of rotatable bonds is 1. The van der Waals surface area contributed by atoms with Gasteiger partial charge in [0.1, 0.15) is 0 Å². The number of amides is 2. The third-order valence-electron chi connectivity index (χ3n) is 6.26. The van der Waals surface area contributed by atoms with Crippen LogP contribution in [0.1, 0.15) is 36.9 Å². The molecule has 3 aromatic rings. The average molecular weight is 344 g/mol. The number of carbonyl (C=O) groups excluding carboxylic acids is 2. The molecule has 0 unspecified atom stereocenters. The number of fused-ring (bicyclic) bond motifs is 5. The molecule has 2 heterocycles. The van der Waals surface area contributed by atoms with Crippen molar-refractivity contribution in [2.75, 3.05) is 4.90 Å². The largest absolute Gasteiger partial charge is 0.357 e. The van der Waals surface area contributed by atoms with E-state index >= 15 is 0 Å². The molecule has 0 saturated carbocycles. The Kier molecular flexibility index (Phi) is 3.14. The van der Waals surface area contributed by atoms with Gasteiger partial charge >= 0.3 is 0 Å². The molecule has 1 fully saturated rings. The molecule has 4 heteroatoms. The molecule has 1 N–H and O–H groups in total. The van der Waals surface area contributed by atoms with Crippen molar-refractivity contribution < 1.29 is 9.59 Å². The second-order valence-electron chi connectivity index (χ2n) is 7.50. The lowest BCUT2D eigenvalue weighted by atomic mass is 9.67. The summed E-state index contributed by atoms with van der Waals surface area (Å²) in [6.45, 7) is 4.27. The summed E-state index contributed by atoms with van der Waals surface area (Å²) >= 11 is 0. The van der Waals surface area contributed by atoms with Crippen molar-refractivity contribution in [2.24, 2.45) is 11.8 Å². The lowest BCUT2D eigenvalue weighted by molar-refractivity contribution is -0.123. The van der Waals surface area contributed by atoms with Crippen molar-refractivity contribution in [1.29, 1.82) is 0 Å². The third kappa shape index (κ3) is 1.84. The number of imide groups is 1. The zero-order valence-corrected chi connectivity index (χ0v) is 14.8. The van der Waals surface area contributed by atoms with Crippen LogP contribution in [0.25, 0.3) is 10.9 Å². The first-order valence-corrected chi connectivity index (χ1v) is 9.13. The van der Waals surface area contributed by atoms with Crippen LogP contribution < -0.4 is 4.90 Å². The molecule has 130 valence electrons. The quantitative estimate of drug-likeness (QED) is 0.673. The highest BCUT2D eigenvalue weighted by Crippen LogP contribution is 2.53. The molecule has 4 nitrogen and oxygen atoms in total. The number of H-pyrrole nitrogens is 1. The zero-order chi connectivity index (χ0) is 18.0. The van der Waals surface area contributed by atoms with E-state index in [1.54, 1.807) is 0 Å². The van der Waals surface area contributed by atoms with Crippen LogP contribution in [0.2, 0.25) is 0 Å². The zero-order valence-electron chi connectivity index (χ0n) is 14.8. The number of nitrogens with zero attached hydrogens (tertiary/aromatic N) is 1. The van der Waals surface area contributed by atoms with E-state index in [0.29, 0.717) is 5.69 Å². The smallest absolute Gasteiger partial charge is 0.243 e. The fourth-order valence-corrected chi connectivity index (χ4v) is 4.85. The second-order valence-corrected chi connectivity index (χ2v) is 7.50. The Hall–Kier alpha value is -2.88. The van der Waals surface area contributed by atoms with Gasteiger partial charge in [0.25, 0.3) is 0 Å². The number of hydrogen-bond acceptors (Lipinski definition) is 2. The van der Waals surface area contributed by atoms with Crippen LogP contribution in [0.15, 0.2) is 54.6 Å². The molecule has 5 rings (SSSR count). The monoisotopic (exact) mass is 344 g/mol. The second kappa shape index (κ2) is 5.31. The van der Waals surface area contributed by atoms with Gasteiger partial charge in [-0.25, -0.2) is 4.90 Å². The lowest BCUT2D eigenvalue weighted by Gasteiger charge is -2.33. The van der Waals surface area contributed by atoms with Crippen LogP contribution in [0.5, 0.6) is 0 Å². The van der Waals surface area contributed by atoms with Crippen LogP contribution >= 0.6 is 0 Å². The molecule has 2 amide bonds. The van der Waals surface area contributed by atoms with Gasteiger partial charge in [0.2, 0.25) is 11.8 Å². The molecule has 2 aromatic carbocycles. The standard InChI is InChI=1S/C22H20N2O2/c1-12-13(2)18-19(20-17(12)15-10-6-7-11-16(15)23-20)22(26)24(21(18)25)14-8-4-3-5-9-14/h3-13,18-19,23H,1-2H3/t12-,13+,18+,19+/m0/s1. The van der Waals surface area contributed by atoms with Gasteiger partial charge < -0.3 is 4.98 Å². The van der Waals surface area contributed by atoms with E-state index in [0.717, 1.165) is 11.2 Å². The molecular weight excluding hydrogens is 324 g/mol. The number of aromatic amines is 1. The molecule has 1 aromatic heterocycles. The average Bonchev–Trinajstić information content (AvgIpc) is 3.16. The van der Waals surface area contributed by atoms with E-state index in [1.807, 2.05) is 48.5 Å². The Balaban J connectivity index is 1.72. The van der Waals surface area contributed by atoms with Crippen molar-refractivity contribution in [2.45, 2.75) is 25.7 Å². The molecule has 1 saturated heterocycles. The van der Waals surface area contributed by atoms with E-state index in [2.05, 4.69) is 24.9 Å². The van der Waals surface area contributed by atoms with Crippen molar-refractivity contribution >= 4 is 28.4 Å². The van der Waals surface area contributed by atoms with Crippen molar-refractivity contribution in [3.8, 4) is 0 Å². The normalized spacial score (nSPS) is 27.7. The maximum absolute atomic E-state index is 13.3. The number of para-hydroxylation sites is 2. The molecular formula is C22H20N2O2. The van der Waals surface area contributed by atoms with Crippen molar-refractivity contribution in [3.05, 3.63) is 65.9 Å². The van der Waals surface area contributed by atoms with Gasteiger partial charge in [-0.3, -0.25) is 9.59 Å². The first-order chi connectivity index (χ1) is 12.6. The van der Waals surface area contributed by atoms with Crippen LogP contribution in [0.4, 0.5) is 5.69 Å². The summed E-state index contributed by atoms with van der Waals surface area (Å²) in [5.41, 5.74) is 3.83. The highest BCUT2D eigenvalue weighted by atomic mass is 16.2. The maximum atomic E-state index is 13.3. The summed E-state index contributed by atoms with van der Waals surface area (Å²) in [5, 5.41) is 1.17. The van der Waals surface area contributed by atoms with Crippen LogP contribution in [-0.4, -0.2) is 16.8 Å². The highest BCUT2D eigenvalue weighted by Gasteiger charge is 2.56. The van der Waals surface area contributed by atoms with Crippen molar-refractivity contribution in [1.82, 2.24) is 4.98 Å². The first-order valence-electron chi connectivity index (χ1n) is 9.13. The fraction of sp³-hybridized carbons (Fsp3) is 0.273. The van der Waals surface area contributed by atoms with Gasteiger partial charge in [0, 0.05) is 16.6 Å². The summed E-state index contributed by atoms with van der Waals surface area (Å²) in [6.07, 6.45) is 0. The Morgan fingerprint density at radius 1 is 0.885 bits per heavy atom. The predicted octanol–water partition coefficient (Wildman–Crippen LogP) is 4.19. The Morgan fingerprint density at radius 3 is 2.35 bits per heavy atom. The predicted molar refractivity (Wildman–Crippen MR) is 101 cm³/mol. The van der Waals surface area contributed by atoms with Gasteiger partial charge in [0.05, 0.1) is 17.5 Å². The fourth-order valence-electron chi connectivity index (χ4n) is 4.85. The molecule has 1 aliphatic carbocycles. The summed E-state index contributed by atoms with van der Waals surface area (Å²) in [7, 11) is 0. The van der Waals surface area contributed by atoms with E-state index in [4.69, 9.17) is 0 Å². The topological polar surface area (TPSA) is 53.2 Å². The van der Waals surface area contributed by atoms with Gasteiger partial charge in [0.15, 0.2) is 0 Å². The van der Waals surface area contributed by atoms with Crippen LogP contribution in [0.3, 0.4) is 0 Å². The van der Waals surface area contributed by atoms with Gasteiger partial charge in [-0.2, -0.15) is 0 Å². The Morgan fingerprint density at radius 2 is 1.58 bits per heavy atom. The molecule has 1 aliphatic heterocycles. The molecule has 0 bridgehead atoms. The maximum Gasteiger partial charge on any atom is 0.243 e. The van der Waals surface area contributed by atoms with Gasteiger partial charge in [-0.1, -0.05) is 50.2 Å². The Labute approximate surface area is 151 Å². The number of benzene rings is 2. The Bertz CT molecular complexity index is 1040. The summed E-state index contributed by atoms with van der Waals surface area (Å²) < 4.78 is 0. The molecule has 0 spiro atoms. The molecule has 4 atom stereocenters. The summed E-state index contributed by atoms with van der Waals surface area (Å²) in [4.78, 5) is 31.4. The number of nitrogens with one attached hydrogen (secondary N) is 1. The highest BCUT2D eigenvalue weighted by molar-refractivity contribution is 6.24. The molecule has 26 heavy (non-hydrogen) atoms. The minimum atomic E-state index is -0.420. The first kappa shape index (κ1) is 15.4. The van der Waals surface area contributed by atoms with E-state index in [1.165, 1.54) is 15.8 Å². The van der Waals surface area contributed by atoms with Crippen LogP contribution in [0, 0.1) is 11.8 Å². The molecule has 0 radical (unpaired) electrons. The minimum Gasteiger partial charge on any atom is -0.357 e. The summed E-state index contributed by atoms with van der Waals surface area (Å²) in [5.74, 6) is -0.589. The molecule has 2 aliphatic rings. The number of hydrogen-bond donors (Lipinski definition) is 1. The minimum absolute atomic E-state index is 0.0742. The lowest BCUT2D eigenvalue weighted by Crippen LogP contribution is -2.33. The number of carbonyl (C=O) groups is 2. The van der Waals surface area contributed by atoms with Gasteiger partial charge in [-0.15, -0.1) is 0 Å². The third-order valence-corrected chi connectivity index (χ3v) is 6.26. The van der Waals surface area contributed by atoms with Crippen molar-refractivity contribution in [3.63, 3.8) is 0 Å². The number of aromatic nitrogens is 1.